The van der Waals surface area contributed by atoms with Crippen molar-refractivity contribution in [3.8, 4) is 23.0 Å². The Morgan fingerprint density at radius 1 is 0.917 bits per heavy atom. The van der Waals surface area contributed by atoms with Crippen LogP contribution in [0.2, 0.25) is 0 Å². The van der Waals surface area contributed by atoms with Crippen molar-refractivity contribution in [1.82, 2.24) is 0 Å². The van der Waals surface area contributed by atoms with Crippen LogP contribution in [-0.2, 0) is 16.0 Å². The van der Waals surface area contributed by atoms with Crippen molar-refractivity contribution in [3.05, 3.63) is 46.5 Å². The standard InChI is InChI=1S/C17H16O7/c1-8-3-10(18)6-12(20)15(8)17(23)16-9(5-14(22)24-2)4-11(19)7-13(16)21/h3-4,6-7,18-21H,5H2,1-2H3. The molecule has 0 unspecified atom stereocenters. The Kier molecular flexibility index (Phi) is 4.64. The lowest BCUT2D eigenvalue weighted by atomic mass is 9.92. The summed E-state index contributed by atoms with van der Waals surface area (Å²) in [6.45, 7) is 1.50. The third kappa shape index (κ3) is 3.24. The number of rotatable bonds is 4. The Labute approximate surface area is 137 Å². The van der Waals surface area contributed by atoms with Crippen molar-refractivity contribution in [1.29, 1.82) is 0 Å². The molecule has 0 aliphatic heterocycles. The predicted octanol–water partition coefficient (Wildman–Crippen LogP) is 1.76. The average Bonchev–Trinajstić information content (AvgIpc) is 2.45. The molecule has 0 heterocycles. The second-order valence-electron chi connectivity index (χ2n) is 5.24. The average molecular weight is 332 g/mol. The van der Waals surface area contributed by atoms with Crippen molar-refractivity contribution in [2.75, 3.05) is 7.11 Å². The molecule has 0 aliphatic rings. The molecular weight excluding hydrogens is 316 g/mol. The number of aryl methyl sites for hydroxylation is 1. The van der Waals surface area contributed by atoms with Crippen LogP contribution in [0.15, 0.2) is 24.3 Å². The minimum absolute atomic E-state index is 0.0521. The van der Waals surface area contributed by atoms with E-state index >= 15 is 0 Å². The van der Waals surface area contributed by atoms with E-state index in [0.717, 1.165) is 18.2 Å². The second kappa shape index (κ2) is 6.49. The summed E-state index contributed by atoms with van der Waals surface area (Å²) in [7, 11) is 1.17. The molecular formula is C17H16O7. The summed E-state index contributed by atoms with van der Waals surface area (Å²) in [4.78, 5) is 24.3. The van der Waals surface area contributed by atoms with Crippen LogP contribution in [0.3, 0.4) is 0 Å². The van der Waals surface area contributed by atoms with E-state index in [2.05, 4.69) is 4.74 Å². The molecule has 0 bridgehead atoms. The summed E-state index contributed by atoms with van der Waals surface area (Å²) in [5.41, 5.74) is -0.0209. The summed E-state index contributed by atoms with van der Waals surface area (Å²) in [5.74, 6) is -2.96. The molecule has 2 aromatic carbocycles. The number of hydrogen-bond donors (Lipinski definition) is 4. The zero-order valence-electron chi connectivity index (χ0n) is 13.0. The van der Waals surface area contributed by atoms with E-state index in [9.17, 15) is 30.0 Å². The normalized spacial score (nSPS) is 10.4. The lowest BCUT2D eigenvalue weighted by molar-refractivity contribution is -0.139. The van der Waals surface area contributed by atoms with Crippen molar-refractivity contribution in [3.63, 3.8) is 0 Å². The maximum absolute atomic E-state index is 12.8. The Hall–Kier alpha value is -3.22. The lowest BCUT2D eigenvalue weighted by Gasteiger charge is -2.13. The van der Waals surface area contributed by atoms with E-state index in [1.54, 1.807) is 0 Å². The number of phenols is 4. The molecule has 0 atom stereocenters. The molecule has 2 rings (SSSR count). The van der Waals surface area contributed by atoms with Crippen LogP contribution in [0.4, 0.5) is 0 Å². The van der Waals surface area contributed by atoms with Gasteiger partial charge >= 0.3 is 5.97 Å². The molecule has 0 spiro atoms. The molecule has 7 heteroatoms. The van der Waals surface area contributed by atoms with Gasteiger partial charge in [0.05, 0.1) is 24.7 Å². The molecule has 2 aromatic rings. The number of ether oxygens (including phenoxy) is 1. The zero-order valence-corrected chi connectivity index (χ0v) is 13.0. The number of hydrogen-bond acceptors (Lipinski definition) is 7. The number of ketones is 1. The predicted molar refractivity (Wildman–Crippen MR) is 83.4 cm³/mol. The van der Waals surface area contributed by atoms with Crippen LogP contribution < -0.4 is 0 Å². The molecule has 0 aliphatic carbocycles. The Bertz CT molecular complexity index is 801. The minimum atomic E-state index is -0.749. The largest absolute Gasteiger partial charge is 0.508 e. The molecule has 126 valence electrons. The highest BCUT2D eigenvalue weighted by Gasteiger charge is 2.25. The van der Waals surface area contributed by atoms with E-state index in [-0.39, 0.29) is 40.2 Å². The smallest absolute Gasteiger partial charge is 0.310 e. The fourth-order valence-corrected chi connectivity index (χ4v) is 2.47. The van der Waals surface area contributed by atoms with Gasteiger partial charge in [0.1, 0.15) is 23.0 Å². The van der Waals surface area contributed by atoms with Crippen LogP contribution in [-0.4, -0.2) is 39.3 Å². The molecule has 0 radical (unpaired) electrons. The van der Waals surface area contributed by atoms with Gasteiger partial charge in [-0.2, -0.15) is 0 Å². The number of benzene rings is 2. The third-order valence-electron chi connectivity index (χ3n) is 3.50. The van der Waals surface area contributed by atoms with Gasteiger partial charge in [-0.05, 0) is 30.2 Å². The van der Waals surface area contributed by atoms with Gasteiger partial charge in [0.25, 0.3) is 0 Å². The topological polar surface area (TPSA) is 124 Å². The molecule has 0 saturated carbocycles. The first kappa shape index (κ1) is 17.1. The highest BCUT2D eigenvalue weighted by atomic mass is 16.5. The maximum atomic E-state index is 12.8. The molecule has 0 saturated heterocycles. The first-order chi connectivity index (χ1) is 11.2. The number of carbonyl (C=O) groups is 2. The molecule has 0 aromatic heterocycles. The van der Waals surface area contributed by atoms with E-state index in [1.807, 2.05) is 0 Å². The summed E-state index contributed by atoms with van der Waals surface area (Å²) in [5, 5.41) is 39.1. The van der Waals surface area contributed by atoms with Gasteiger partial charge in [-0.15, -0.1) is 0 Å². The van der Waals surface area contributed by atoms with Crippen LogP contribution in [0.25, 0.3) is 0 Å². The summed E-state index contributed by atoms with van der Waals surface area (Å²) in [6.07, 6.45) is -0.350. The van der Waals surface area contributed by atoms with Crippen molar-refractivity contribution >= 4 is 11.8 Å². The zero-order chi connectivity index (χ0) is 18.0. The van der Waals surface area contributed by atoms with Gasteiger partial charge in [-0.1, -0.05) is 0 Å². The van der Waals surface area contributed by atoms with Crippen LogP contribution in [0.1, 0.15) is 27.0 Å². The van der Waals surface area contributed by atoms with E-state index in [4.69, 9.17) is 0 Å². The quantitative estimate of drug-likeness (QED) is 0.497. The highest BCUT2D eigenvalue weighted by Crippen LogP contribution is 2.34. The van der Waals surface area contributed by atoms with E-state index in [0.29, 0.717) is 0 Å². The number of methoxy groups -OCH3 is 1. The minimum Gasteiger partial charge on any atom is -0.508 e. The SMILES string of the molecule is COC(=O)Cc1cc(O)cc(O)c1C(=O)c1c(C)cc(O)cc1O. The van der Waals surface area contributed by atoms with E-state index < -0.39 is 23.3 Å². The van der Waals surface area contributed by atoms with Crippen LogP contribution >= 0.6 is 0 Å². The Morgan fingerprint density at radius 3 is 2.00 bits per heavy atom. The van der Waals surface area contributed by atoms with Gasteiger partial charge in [0.2, 0.25) is 5.78 Å². The van der Waals surface area contributed by atoms with Gasteiger partial charge in [0, 0.05) is 12.1 Å². The first-order valence-corrected chi connectivity index (χ1v) is 6.93. The number of phenolic OH excluding ortho intramolecular Hbond substituents is 4. The lowest BCUT2D eigenvalue weighted by Crippen LogP contribution is -2.12. The first-order valence-electron chi connectivity index (χ1n) is 6.93. The third-order valence-corrected chi connectivity index (χ3v) is 3.50. The van der Waals surface area contributed by atoms with Crippen LogP contribution in [0, 0.1) is 6.92 Å². The number of esters is 1. The van der Waals surface area contributed by atoms with Gasteiger partial charge in [-0.25, -0.2) is 0 Å². The van der Waals surface area contributed by atoms with Crippen molar-refractivity contribution in [2.24, 2.45) is 0 Å². The Balaban J connectivity index is 2.63. The van der Waals surface area contributed by atoms with Gasteiger partial charge in [0.15, 0.2) is 0 Å². The Morgan fingerprint density at radius 2 is 1.46 bits per heavy atom. The molecule has 24 heavy (non-hydrogen) atoms. The number of aromatic hydroxyl groups is 4. The fraction of sp³-hybridized carbons (Fsp3) is 0.176. The maximum Gasteiger partial charge on any atom is 0.310 e. The molecule has 0 amide bonds. The van der Waals surface area contributed by atoms with E-state index in [1.165, 1.54) is 20.1 Å². The molecule has 7 nitrogen and oxygen atoms in total. The van der Waals surface area contributed by atoms with Crippen LogP contribution in [0.5, 0.6) is 23.0 Å². The van der Waals surface area contributed by atoms with Gasteiger partial charge < -0.3 is 25.2 Å². The monoisotopic (exact) mass is 332 g/mol. The fourth-order valence-electron chi connectivity index (χ4n) is 2.47. The summed E-state index contributed by atoms with van der Waals surface area (Å²) in [6, 6.07) is 4.40. The summed E-state index contributed by atoms with van der Waals surface area (Å²) < 4.78 is 4.54. The second-order valence-corrected chi connectivity index (χ2v) is 5.24. The number of carbonyl (C=O) groups excluding carboxylic acids is 2. The molecule has 4 N–H and O–H groups in total. The van der Waals surface area contributed by atoms with Gasteiger partial charge in [-0.3, -0.25) is 9.59 Å². The van der Waals surface area contributed by atoms with Crippen molar-refractivity contribution in [2.45, 2.75) is 13.3 Å². The highest BCUT2D eigenvalue weighted by molar-refractivity contribution is 6.14. The summed E-state index contributed by atoms with van der Waals surface area (Å²) >= 11 is 0. The van der Waals surface area contributed by atoms with Crippen molar-refractivity contribution < 1.29 is 34.8 Å². The molecule has 0 fully saturated rings.